The molecule has 1 unspecified atom stereocenters. The summed E-state index contributed by atoms with van der Waals surface area (Å²) in [4.78, 5) is 0. The van der Waals surface area contributed by atoms with E-state index in [0.717, 1.165) is 17.7 Å². The SMILES string of the molecule is Cl.Clc1ccc(-c2ccc(C3CCCN3)cc2)c(Cl)c1. The van der Waals surface area contributed by atoms with Crippen LogP contribution in [0.25, 0.3) is 11.1 Å². The van der Waals surface area contributed by atoms with Crippen molar-refractivity contribution in [2.24, 2.45) is 0 Å². The van der Waals surface area contributed by atoms with Gasteiger partial charge in [0.05, 0.1) is 0 Å². The maximum absolute atomic E-state index is 6.23. The Morgan fingerprint density at radius 2 is 1.75 bits per heavy atom. The van der Waals surface area contributed by atoms with Gasteiger partial charge in [-0.3, -0.25) is 0 Å². The summed E-state index contributed by atoms with van der Waals surface area (Å²) in [5.41, 5.74) is 3.51. The van der Waals surface area contributed by atoms with Gasteiger partial charge >= 0.3 is 0 Å². The molecule has 0 radical (unpaired) electrons. The third-order valence-corrected chi connectivity index (χ3v) is 4.16. The zero-order chi connectivity index (χ0) is 13.2. The van der Waals surface area contributed by atoms with E-state index in [4.69, 9.17) is 23.2 Å². The van der Waals surface area contributed by atoms with Crippen LogP contribution in [0.5, 0.6) is 0 Å². The van der Waals surface area contributed by atoms with Gasteiger partial charge in [0.2, 0.25) is 0 Å². The molecule has 2 aromatic rings. The highest BCUT2D eigenvalue weighted by Gasteiger charge is 2.15. The smallest absolute Gasteiger partial charge is 0.0499 e. The van der Waals surface area contributed by atoms with E-state index in [1.54, 1.807) is 6.07 Å². The van der Waals surface area contributed by atoms with Gasteiger partial charge in [0.1, 0.15) is 0 Å². The Morgan fingerprint density at radius 3 is 2.35 bits per heavy atom. The van der Waals surface area contributed by atoms with E-state index >= 15 is 0 Å². The molecule has 0 bridgehead atoms. The average Bonchev–Trinajstić information content (AvgIpc) is 2.93. The minimum Gasteiger partial charge on any atom is -0.310 e. The second-order valence-corrected chi connectivity index (χ2v) is 5.74. The van der Waals surface area contributed by atoms with E-state index < -0.39 is 0 Å². The quantitative estimate of drug-likeness (QED) is 0.767. The predicted molar refractivity (Wildman–Crippen MR) is 89.1 cm³/mol. The molecule has 0 saturated carbocycles. The standard InChI is InChI=1S/C16H15Cl2N.ClH/c17-13-7-8-14(15(18)10-13)11-3-5-12(6-4-11)16-2-1-9-19-16;/h3-8,10,16,19H,1-2,9H2;1H. The molecule has 1 aliphatic rings. The fraction of sp³-hybridized carbons (Fsp3) is 0.250. The first-order chi connectivity index (χ1) is 9.24. The average molecular weight is 329 g/mol. The molecule has 1 atom stereocenters. The van der Waals surface area contributed by atoms with Gasteiger partial charge in [-0.1, -0.05) is 53.5 Å². The molecule has 0 aromatic heterocycles. The van der Waals surface area contributed by atoms with Gasteiger partial charge in [0, 0.05) is 21.7 Å². The van der Waals surface area contributed by atoms with Gasteiger partial charge < -0.3 is 5.32 Å². The van der Waals surface area contributed by atoms with Gasteiger partial charge in [-0.15, -0.1) is 12.4 Å². The molecule has 1 saturated heterocycles. The number of hydrogen-bond donors (Lipinski definition) is 1. The van der Waals surface area contributed by atoms with Crippen molar-refractivity contribution in [3.05, 3.63) is 58.1 Å². The monoisotopic (exact) mass is 327 g/mol. The highest BCUT2D eigenvalue weighted by Crippen LogP contribution is 2.31. The van der Waals surface area contributed by atoms with E-state index in [1.807, 2.05) is 12.1 Å². The summed E-state index contributed by atoms with van der Waals surface area (Å²) in [5, 5.41) is 4.87. The molecule has 0 amide bonds. The van der Waals surface area contributed by atoms with Crippen molar-refractivity contribution in [2.45, 2.75) is 18.9 Å². The largest absolute Gasteiger partial charge is 0.310 e. The highest BCUT2D eigenvalue weighted by molar-refractivity contribution is 6.36. The van der Waals surface area contributed by atoms with Crippen LogP contribution in [0.3, 0.4) is 0 Å². The maximum Gasteiger partial charge on any atom is 0.0499 e. The second-order valence-electron chi connectivity index (χ2n) is 4.90. The second kappa shape index (κ2) is 6.82. The summed E-state index contributed by atoms with van der Waals surface area (Å²) < 4.78 is 0. The van der Waals surface area contributed by atoms with Gasteiger partial charge in [0.15, 0.2) is 0 Å². The first kappa shape index (κ1) is 15.7. The molecule has 4 heteroatoms. The Hall–Kier alpha value is -0.730. The maximum atomic E-state index is 6.23. The van der Waals surface area contributed by atoms with Crippen molar-refractivity contribution in [2.75, 3.05) is 6.54 Å². The van der Waals surface area contributed by atoms with Crippen LogP contribution in [-0.2, 0) is 0 Å². The number of benzene rings is 2. The predicted octanol–water partition coefficient (Wildman–Crippen LogP) is 5.51. The summed E-state index contributed by atoms with van der Waals surface area (Å²) in [5.74, 6) is 0. The molecular weight excluding hydrogens is 313 g/mol. The lowest BCUT2D eigenvalue weighted by atomic mass is 10.00. The van der Waals surface area contributed by atoms with Crippen molar-refractivity contribution in [1.29, 1.82) is 0 Å². The topological polar surface area (TPSA) is 12.0 Å². The molecule has 0 aliphatic carbocycles. The van der Waals surface area contributed by atoms with Crippen LogP contribution in [-0.4, -0.2) is 6.54 Å². The van der Waals surface area contributed by atoms with Crippen LogP contribution in [0.2, 0.25) is 10.0 Å². The Balaban J connectivity index is 0.00000147. The minimum absolute atomic E-state index is 0. The summed E-state index contributed by atoms with van der Waals surface area (Å²) in [6.07, 6.45) is 2.48. The molecule has 1 fully saturated rings. The lowest BCUT2D eigenvalue weighted by molar-refractivity contribution is 0.648. The van der Waals surface area contributed by atoms with Gasteiger partial charge in [-0.2, -0.15) is 0 Å². The van der Waals surface area contributed by atoms with E-state index in [-0.39, 0.29) is 12.4 Å². The van der Waals surface area contributed by atoms with E-state index in [1.165, 1.54) is 18.4 Å². The zero-order valence-corrected chi connectivity index (χ0v) is 13.2. The molecule has 20 heavy (non-hydrogen) atoms. The van der Waals surface area contributed by atoms with Crippen LogP contribution in [0.4, 0.5) is 0 Å². The van der Waals surface area contributed by atoms with E-state index in [2.05, 4.69) is 29.6 Å². The summed E-state index contributed by atoms with van der Waals surface area (Å²) in [6.45, 7) is 1.12. The van der Waals surface area contributed by atoms with E-state index in [0.29, 0.717) is 16.1 Å². The lowest BCUT2D eigenvalue weighted by Crippen LogP contribution is -2.12. The van der Waals surface area contributed by atoms with Crippen molar-refractivity contribution in [1.82, 2.24) is 5.32 Å². The third-order valence-electron chi connectivity index (χ3n) is 3.62. The molecule has 2 aromatic carbocycles. The number of rotatable bonds is 2. The third kappa shape index (κ3) is 3.29. The summed E-state index contributed by atoms with van der Waals surface area (Å²) in [6, 6.07) is 14.8. The molecule has 106 valence electrons. The zero-order valence-electron chi connectivity index (χ0n) is 10.9. The summed E-state index contributed by atoms with van der Waals surface area (Å²) in [7, 11) is 0. The first-order valence-corrected chi connectivity index (χ1v) is 7.28. The van der Waals surface area contributed by atoms with Crippen molar-refractivity contribution in [3.8, 4) is 11.1 Å². The summed E-state index contributed by atoms with van der Waals surface area (Å²) >= 11 is 12.2. The van der Waals surface area contributed by atoms with Gasteiger partial charge in [-0.25, -0.2) is 0 Å². The molecule has 1 heterocycles. The molecule has 1 aliphatic heterocycles. The van der Waals surface area contributed by atoms with Crippen LogP contribution < -0.4 is 5.32 Å². The number of nitrogens with one attached hydrogen (secondary N) is 1. The molecule has 1 nitrogen and oxygen atoms in total. The molecular formula is C16H16Cl3N. The Morgan fingerprint density at radius 1 is 1.00 bits per heavy atom. The van der Waals surface area contributed by atoms with Crippen LogP contribution in [0.1, 0.15) is 24.4 Å². The van der Waals surface area contributed by atoms with Crippen molar-refractivity contribution in [3.63, 3.8) is 0 Å². The van der Waals surface area contributed by atoms with Crippen LogP contribution >= 0.6 is 35.6 Å². The lowest BCUT2D eigenvalue weighted by Gasteiger charge is -2.12. The van der Waals surface area contributed by atoms with Crippen LogP contribution in [0.15, 0.2) is 42.5 Å². The fourth-order valence-electron chi connectivity index (χ4n) is 2.59. The van der Waals surface area contributed by atoms with Gasteiger partial charge in [-0.05, 0) is 42.6 Å². The first-order valence-electron chi connectivity index (χ1n) is 6.53. The minimum atomic E-state index is 0. The Labute approximate surface area is 135 Å². The highest BCUT2D eigenvalue weighted by atomic mass is 35.5. The van der Waals surface area contributed by atoms with Crippen LogP contribution in [0, 0.1) is 0 Å². The number of hydrogen-bond acceptors (Lipinski definition) is 1. The Bertz CT molecular complexity index is 575. The fourth-order valence-corrected chi connectivity index (χ4v) is 3.11. The molecule has 3 rings (SSSR count). The molecule has 1 N–H and O–H groups in total. The Kier molecular flexibility index (Phi) is 5.34. The molecule has 0 spiro atoms. The number of halogens is 3. The van der Waals surface area contributed by atoms with Gasteiger partial charge in [0.25, 0.3) is 0 Å². The van der Waals surface area contributed by atoms with Crippen molar-refractivity contribution < 1.29 is 0 Å². The van der Waals surface area contributed by atoms with E-state index in [9.17, 15) is 0 Å². The van der Waals surface area contributed by atoms with Crippen molar-refractivity contribution >= 4 is 35.6 Å². The normalized spacial score (nSPS) is 17.8.